The van der Waals surface area contributed by atoms with Crippen molar-refractivity contribution in [2.75, 3.05) is 33.2 Å². The minimum atomic E-state index is -0.441. The maximum atomic E-state index is 12.7. The lowest BCUT2D eigenvalue weighted by Crippen LogP contribution is -3.12. The number of likely N-dealkylation sites (N-methyl/N-ethyl adjacent to an activating group) is 1. The minimum absolute atomic E-state index is 0.0597. The molecule has 1 fully saturated rings. The number of amides is 1. The van der Waals surface area contributed by atoms with Gasteiger partial charge in [0.2, 0.25) is 0 Å². The highest BCUT2D eigenvalue weighted by Gasteiger charge is 2.25. The highest BCUT2D eigenvalue weighted by molar-refractivity contribution is 7.99. The van der Waals surface area contributed by atoms with E-state index in [1.165, 1.54) is 22.7 Å². The van der Waals surface area contributed by atoms with Gasteiger partial charge in [0.25, 0.3) is 11.6 Å². The maximum Gasteiger partial charge on any atom is 0.284 e. The molecular formula is C18H19ClN3O3S+. The largest absolute Gasteiger partial charge is 0.334 e. The summed E-state index contributed by atoms with van der Waals surface area (Å²) in [7, 11) is 2.09. The van der Waals surface area contributed by atoms with Crippen molar-refractivity contribution in [2.45, 2.75) is 9.79 Å². The zero-order chi connectivity index (χ0) is 18.7. The predicted molar refractivity (Wildman–Crippen MR) is 101 cm³/mol. The molecule has 1 amide bonds. The minimum Gasteiger partial charge on any atom is -0.334 e. The third kappa shape index (κ3) is 4.35. The molecule has 0 radical (unpaired) electrons. The molecular weight excluding hydrogens is 374 g/mol. The van der Waals surface area contributed by atoms with Crippen LogP contribution in [0.1, 0.15) is 10.4 Å². The number of quaternary nitrogens is 1. The van der Waals surface area contributed by atoms with E-state index < -0.39 is 4.92 Å². The molecule has 0 spiro atoms. The smallest absolute Gasteiger partial charge is 0.284 e. The molecule has 2 aromatic carbocycles. The summed E-state index contributed by atoms with van der Waals surface area (Å²) in [5, 5.41) is 12.1. The number of nitro benzene ring substituents is 1. The van der Waals surface area contributed by atoms with Gasteiger partial charge in [-0.05, 0) is 36.4 Å². The van der Waals surface area contributed by atoms with E-state index in [9.17, 15) is 14.9 Å². The number of hydrogen-bond acceptors (Lipinski definition) is 4. The normalized spacial score (nSPS) is 15.1. The molecule has 0 unspecified atom stereocenters. The predicted octanol–water partition coefficient (Wildman–Crippen LogP) is 2.37. The third-order valence-corrected chi connectivity index (χ3v) is 5.67. The number of hydrogen-bond donors (Lipinski definition) is 1. The first-order chi connectivity index (χ1) is 12.4. The second-order valence-corrected chi connectivity index (χ2v) is 7.80. The fourth-order valence-corrected chi connectivity index (χ4v) is 3.81. The Kier molecular flexibility index (Phi) is 5.80. The van der Waals surface area contributed by atoms with E-state index in [4.69, 9.17) is 11.6 Å². The summed E-state index contributed by atoms with van der Waals surface area (Å²) in [6.07, 6.45) is 0. The Morgan fingerprint density at radius 1 is 1.19 bits per heavy atom. The van der Waals surface area contributed by atoms with Crippen molar-refractivity contribution < 1.29 is 14.6 Å². The first-order valence-electron chi connectivity index (χ1n) is 8.26. The molecule has 6 nitrogen and oxygen atoms in total. The Balaban J connectivity index is 1.83. The summed E-state index contributed by atoms with van der Waals surface area (Å²) in [6, 6.07) is 11.8. The van der Waals surface area contributed by atoms with Gasteiger partial charge >= 0.3 is 0 Å². The molecule has 1 aliphatic heterocycles. The Labute approximate surface area is 160 Å². The lowest BCUT2D eigenvalue weighted by Gasteiger charge is -2.30. The number of carbonyl (C=O) groups excluding carboxylic acids is 1. The van der Waals surface area contributed by atoms with Crippen molar-refractivity contribution in [1.82, 2.24) is 4.90 Å². The first-order valence-corrected chi connectivity index (χ1v) is 9.46. The van der Waals surface area contributed by atoms with Crippen molar-refractivity contribution in [3.63, 3.8) is 0 Å². The number of piperazine rings is 1. The number of nitrogens with zero attached hydrogens (tertiary/aromatic N) is 2. The topological polar surface area (TPSA) is 67.9 Å². The van der Waals surface area contributed by atoms with Crippen LogP contribution < -0.4 is 4.90 Å². The van der Waals surface area contributed by atoms with E-state index in [2.05, 4.69) is 7.05 Å². The van der Waals surface area contributed by atoms with Gasteiger partial charge in [0.1, 0.15) is 0 Å². The monoisotopic (exact) mass is 392 g/mol. The van der Waals surface area contributed by atoms with E-state index in [1.54, 1.807) is 29.2 Å². The Hall–Kier alpha value is -2.09. The summed E-state index contributed by atoms with van der Waals surface area (Å²) in [6.45, 7) is 3.11. The van der Waals surface area contributed by atoms with Crippen LogP contribution in [0.5, 0.6) is 0 Å². The van der Waals surface area contributed by atoms with Crippen LogP contribution in [-0.4, -0.2) is 49.0 Å². The van der Waals surface area contributed by atoms with Crippen molar-refractivity contribution in [3.8, 4) is 0 Å². The number of rotatable bonds is 4. The highest BCUT2D eigenvalue weighted by Crippen LogP contribution is 2.36. The fourth-order valence-electron chi connectivity index (χ4n) is 2.78. The van der Waals surface area contributed by atoms with E-state index in [-0.39, 0.29) is 11.6 Å². The third-order valence-electron chi connectivity index (χ3n) is 4.35. The lowest BCUT2D eigenvalue weighted by molar-refractivity contribution is -0.883. The fraction of sp³-hybridized carbons (Fsp3) is 0.278. The van der Waals surface area contributed by atoms with Crippen LogP contribution in [0.2, 0.25) is 5.02 Å². The van der Waals surface area contributed by atoms with Crippen molar-refractivity contribution in [1.29, 1.82) is 0 Å². The molecule has 136 valence electrons. The van der Waals surface area contributed by atoms with Crippen LogP contribution in [0.15, 0.2) is 52.3 Å². The van der Waals surface area contributed by atoms with Crippen molar-refractivity contribution in [2.24, 2.45) is 0 Å². The highest BCUT2D eigenvalue weighted by atomic mass is 35.5. The van der Waals surface area contributed by atoms with Gasteiger partial charge in [-0.25, -0.2) is 0 Å². The molecule has 0 saturated carbocycles. The van der Waals surface area contributed by atoms with Crippen LogP contribution in [0.25, 0.3) is 0 Å². The molecule has 1 aliphatic rings. The molecule has 1 heterocycles. The molecule has 8 heteroatoms. The SMILES string of the molecule is C[NH+]1CCN(C(=O)c2ccc(Sc3ccc(Cl)cc3)c([N+](=O)[O-])c2)CC1. The average Bonchev–Trinajstić information content (AvgIpc) is 2.64. The van der Waals surface area contributed by atoms with E-state index in [0.717, 1.165) is 18.0 Å². The van der Waals surface area contributed by atoms with E-state index in [1.807, 2.05) is 12.1 Å². The number of carbonyl (C=O) groups is 1. The van der Waals surface area contributed by atoms with Gasteiger partial charge in [-0.15, -0.1) is 0 Å². The summed E-state index contributed by atoms with van der Waals surface area (Å²) in [5.74, 6) is -0.149. The molecule has 1 N–H and O–H groups in total. The average molecular weight is 393 g/mol. The van der Waals surface area contributed by atoms with Crippen LogP contribution >= 0.6 is 23.4 Å². The Morgan fingerprint density at radius 2 is 1.85 bits per heavy atom. The Morgan fingerprint density at radius 3 is 2.46 bits per heavy atom. The van der Waals surface area contributed by atoms with Crippen molar-refractivity contribution >= 4 is 35.0 Å². The molecule has 0 aliphatic carbocycles. The zero-order valence-corrected chi connectivity index (χ0v) is 15.8. The molecule has 3 rings (SSSR count). The molecule has 26 heavy (non-hydrogen) atoms. The molecule has 2 aromatic rings. The van der Waals surface area contributed by atoms with E-state index >= 15 is 0 Å². The van der Waals surface area contributed by atoms with Crippen LogP contribution in [-0.2, 0) is 0 Å². The zero-order valence-electron chi connectivity index (χ0n) is 14.3. The molecule has 0 atom stereocenters. The summed E-state index contributed by atoms with van der Waals surface area (Å²) < 4.78 is 0. The molecule has 1 saturated heterocycles. The van der Waals surface area contributed by atoms with Gasteiger partial charge in [-0.3, -0.25) is 14.9 Å². The van der Waals surface area contributed by atoms with Crippen LogP contribution in [0.3, 0.4) is 0 Å². The number of halogens is 1. The summed E-state index contributed by atoms with van der Waals surface area (Å²) >= 11 is 7.15. The second kappa shape index (κ2) is 8.07. The quantitative estimate of drug-likeness (QED) is 0.640. The molecule has 0 aromatic heterocycles. The van der Waals surface area contributed by atoms with Gasteiger partial charge in [-0.1, -0.05) is 23.4 Å². The van der Waals surface area contributed by atoms with Crippen LogP contribution in [0, 0.1) is 10.1 Å². The van der Waals surface area contributed by atoms with E-state index in [0.29, 0.717) is 28.6 Å². The Bertz CT molecular complexity index is 821. The molecule has 0 bridgehead atoms. The summed E-state index contributed by atoms with van der Waals surface area (Å²) in [5.41, 5.74) is 0.298. The number of benzene rings is 2. The standard InChI is InChI=1S/C18H18ClN3O3S/c1-20-8-10-21(11-9-20)18(23)13-2-7-17(16(12-13)22(24)25)26-15-5-3-14(19)4-6-15/h2-7,12H,8-11H2,1H3/p+1. The first kappa shape index (κ1) is 18.7. The lowest BCUT2D eigenvalue weighted by atomic mass is 10.1. The van der Waals surface area contributed by atoms with Crippen LogP contribution in [0.4, 0.5) is 5.69 Å². The van der Waals surface area contributed by atoms with Gasteiger partial charge in [-0.2, -0.15) is 0 Å². The van der Waals surface area contributed by atoms with Gasteiger partial charge in [0, 0.05) is 21.5 Å². The van der Waals surface area contributed by atoms with Gasteiger partial charge in [0.15, 0.2) is 0 Å². The van der Waals surface area contributed by atoms with Crippen molar-refractivity contribution in [3.05, 3.63) is 63.2 Å². The van der Waals surface area contributed by atoms with Gasteiger partial charge < -0.3 is 9.80 Å². The second-order valence-electron chi connectivity index (χ2n) is 6.24. The number of nitro groups is 1. The summed E-state index contributed by atoms with van der Waals surface area (Å²) in [4.78, 5) is 28.2. The maximum absolute atomic E-state index is 12.7. The van der Waals surface area contributed by atoms with Gasteiger partial charge in [0.05, 0.1) is 43.0 Å². The number of nitrogens with one attached hydrogen (secondary N) is 1.